The van der Waals surface area contributed by atoms with Crippen molar-refractivity contribution in [3.63, 3.8) is 0 Å². The van der Waals surface area contributed by atoms with Gasteiger partial charge in [-0.1, -0.05) is 20.3 Å². The van der Waals surface area contributed by atoms with Crippen molar-refractivity contribution >= 4 is 11.8 Å². The number of thioether (sulfide) groups is 1. The maximum Gasteiger partial charge on any atom is 0.0627 e. The molecule has 0 saturated heterocycles. The van der Waals surface area contributed by atoms with E-state index >= 15 is 0 Å². The van der Waals surface area contributed by atoms with Crippen LogP contribution in [0.5, 0.6) is 0 Å². The summed E-state index contributed by atoms with van der Waals surface area (Å²) >= 11 is 1.86. The number of aliphatic hydroxyl groups is 1. The first-order valence-corrected chi connectivity index (χ1v) is 5.03. The van der Waals surface area contributed by atoms with Gasteiger partial charge in [0.05, 0.1) is 6.10 Å². The highest BCUT2D eigenvalue weighted by Crippen LogP contribution is 2.15. The van der Waals surface area contributed by atoms with Crippen molar-refractivity contribution in [2.75, 3.05) is 5.75 Å². The predicted molar refractivity (Wildman–Crippen MR) is 48.5 cm³/mol. The summed E-state index contributed by atoms with van der Waals surface area (Å²) in [6.45, 7) is 6.11. The highest BCUT2D eigenvalue weighted by Gasteiger charge is 2.07. The third-order valence-corrected chi connectivity index (χ3v) is 3.00. The summed E-state index contributed by atoms with van der Waals surface area (Å²) in [6, 6.07) is 0. The zero-order valence-corrected chi connectivity index (χ0v) is 7.95. The lowest BCUT2D eigenvalue weighted by Gasteiger charge is -2.12. The molecular weight excluding hydrogens is 144 g/mol. The molecule has 0 heterocycles. The van der Waals surface area contributed by atoms with Crippen LogP contribution in [0.2, 0.25) is 0 Å². The highest BCUT2D eigenvalue weighted by atomic mass is 32.2. The minimum absolute atomic E-state index is 0.165. The smallest absolute Gasteiger partial charge is 0.0627 e. The molecule has 0 aliphatic heterocycles. The number of hydrogen-bond acceptors (Lipinski definition) is 2. The van der Waals surface area contributed by atoms with E-state index in [1.165, 1.54) is 18.6 Å². The molecule has 1 nitrogen and oxygen atoms in total. The van der Waals surface area contributed by atoms with Gasteiger partial charge in [-0.25, -0.2) is 0 Å². The first-order chi connectivity index (χ1) is 4.68. The zero-order chi connectivity index (χ0) is 7.98. The van der Waals surface area contributed by atoms with Crippen LogP contribution in [0, 0.1) is 0 Å². The van der Waals surface area contributed by atoms with E-state index in [1.54, 1.807) is 0 Å². The van der Waals surface area contributed by atoms with E-state index in [2.05, 4.69) is 13.8 Å². The van der Waals surface area contributed by atoms with Gasteiger partial charge in [0.15, 0.2) is 0 Å². The standard InChI is InChI=1S/C8H18OS/c1-4-5-6-10-8(3)7(2)9/h7-9H,4-6H2,1-3H3. The van der Waals surface area contributed by atoms with Gasteiger partial charge in [-0.05, 0) is 19.1 Å². The van der Waals surface area contributed by atoms with Crippen LogP contribution < -0.4 is 0 Å². The minimum atomic E-state index is -0.165. The molecule has 0 fully saturated rings. The second-order valence-corrected chi connectivity index (χ2v) is 4.16. The molecular formula is C8H18OS. The number of aliphatic hydroxyl groups excluding tert-OH is 1. The van der Waals surface area contributed by atoms with Crippen molar-refractivity contribution in [2.24, 2.45) is 0 Å². The van der Waals surface area contributed by atoms with Gasteiger partial charge < -0.3 is 5.11 Å². The van der Waals surface area contributed by atoms with Gasteiger partial charge in [0.25, 0.3) is 0 Å². The van der Waals surface area contributed by atoms with Gasteiger partial charge in [0, 0.05) is 5.25 Å². The SMILES string of the molecule is CCCCSC(C)C(C)O. The Labute approximate surface area is 68.2 Å². The average Bonchev–Trinajstić information content (AvgIpc) is 1.88. The van der Waals surface area contributed by atoms with Crippen LogP contribution in [0.15, 0.2) is 0 Å². The lowest BCUT2D eigenvalue weighted by Crippen LogP contribution is -2.15. The molecule has 2 unspecified atom stereocenters. The van der Waals surface area contributed by atoms with Crippen LogP contribution in [-0.4, -0.2) is 22.2 Å². The number of unbranched alkanes of at least 4 members (excludes halogenated alkanes) is 1. The van der Waals surface area contributed by atoms with Crippen LogP contribution in [0.3, 0.4) is 0 Å². The van der Waals surface area contributed by atoms with Crippen LogP contribution >= 0.6 is 11.8 Å². The molecule has 0 aliphatic rings. The first kappa shape index (κ1) is 10.3. The van der Waals surface area contributed by atoms with Crippen molar-refractivity contribution in [3.8, 4) is 0 Å². The van der Waals surface area contributed by atoms with E-state index in [9.17, 15) is 0 Å². The fourth-order valence-electron chi connectivity index (χ4n) is 0.553. The molecule has 0 aliphatic carbocycles. The van der Waals surface area contributed by atoms with Gasteiger partial charge in [0.2, 0.25) is 0 Å². The van der Waals surface area contributed by atoms with E-state index in [0.29, 0.717) is 5.25 Å². The molecule has 10 heavy (non-hydrogen) atoms. The molecule has 2 heteroatoms. The highest BCUT2D eigenvalue weighted by molar-refractivity contribution is 7.99. The maximum atomic E-state index is 9.10. The molecule has 0 spiro atoms. The van der Waals surface area contributed by atoms with Crippen LogP contribution in [-0.2, 0) is 0 Å². The van der Waals surface area contributed by atoms with Crippen molar-refractivity contribution < 1.29 is 5.11 Å². The Bertz CT molecular complexity index is 73.7. The van der Waals surface area contributed by atoms with E-state index in [-0.39, 0.29) is 6.10 Å². The summed E-state index contributed by atoms with van der Waals surface area (Å²) in [6.07, 6.45) is 2.35. The van der Waals surface area contributed by atoms with Gasteiger partial charge in [0.1, 0.15) is 0 Å². The Morgan fingerprint density at radius 2 is 2.00 bits per heavy atom. The maximum absolute atomic E-state index is 9.10. The van der Waals surface area contributed by atoms with Crippen molar-refractivity contribution in [1.82, 2.24) is 0 Å². The van der Waals surface area contributed by atoms with Crippen LogP contribution in [0.1, 0.15) is 33.6 Å². The second-order valence-electron chi connectivity index (χ2n) is 2.67. The molecule has 0 aromatic heterocycles. The predicted octanol–water partition coefficient (Wildman–Crippen LogP) is 2.29. The Kier molecular flexibility index (Phi) is 6.24. The van der Waals surface area contributed by atoms with Crippen LogP contribution in [0.4, 0.5) is 0 Å². The monoisotopic (exact) mass is 162 g/mol. The largest absolute Gasteiger partial charge is 0.392 e. The lowest BCUT2D eigenvalue weighted by atomic mass is 10.3. The molecule has 0 aromatic rings. The van der Waals surface area contributed by atoms with Gasteiger partial charge in [-0.3, -0.25) is 0 Å². The molecule has 0 aromatic carbocycles. The third-order valence-electron chi connectivity index (χ3n) is 1.56. The zero-order valence-electron chi connectivity index (χ0n) is 7.13. The Morgan fingerprint density at radius 1 is 1.40 bits per heavy atom. The second kappa shape index (κ2) is 6.05. The normalized spacial score (nSPS) is 16.8. The summed E-state index contributed by atoms with van der Waals surface area (Å²) < 4.78 is 0. The molecule has 1 N–H and O–H groups in total. The first-order valence-electron chi connectivity index (χ1n) is 3.98. The summed E-state index contributed by atoms with van der Waals surface area (Å²) in [5.41, 5.74) is 0. The number of hydrogen-bond donors (Lipinski definition) is 1. The van der Waals surface area contributed by atoms with E-state index in [0.717, 1.165) is 0 Å². The van der Waals surface area contributed by atoms with E-state index in [1.807, 2.05) is 18.7 Å². The van der Waals surface area contributed by atoms with Crippen molar-refractivity contribution in [2.45, 2.75) is 45.0 Å². The molecule has 2 atom stereocenters. The molecule has 0 amide bonds. The van der Waals surface area contributed by atoms with Gasteiger partial charge in [-0.2, -0.15) is 11.8 Å². The summed E-state index contributed by atoms with van der Waals surface area (Å²) in [4.78, 5) is 0. The van der Waals surface area contributed by atoms with Crippen LogP contribution in [0.25, 0.3) is 0 Å². The average molecular weight is 162 g/mol. The Morgan fingerprint density at radius 3 is 2.40 bits per heavy atom. The third kappa shape index (κ3) is 5.12. The van der Waals surface area contributed by atoms with Gasteiger partial charge >= 0.3 is 0 Å². The molecule has 0 radical (unpaired) electrons. The van der Waals surface area contributed by atoms with E-state index in [4.69, 9.17) is 5.11 Å². The Balaban J connectivity index is 3.13. The lowest BCUT2D eigenvalue weighted by molar-refractivity contribution is 0.196. The van der Waals surface area contributed by atoms with Crippen molar-refractivity contribution in [1.29, 1.82) is 0 Å². The minimum Gasteiger partial charge on any atom is -0.392 e. The Hall–Kier alpha value is 0.310. The summed E-state index contributed by atoms with van der Waals surface area (Å²) in [5.74, 6) is 1.18. The molecule has 62 valence electrons. The quantitative estimate of drug-likeness (QED) is 0.626. The van der Waals surface area contributed by atoms with Crippen molar-refractivity contribution in [3.05, 3.63) is 0 Å². The fraction of sp³-hybridized carbons (Fsp3) is 1.00. The molecule has 0 saturated carbocycles. The van der Waals surface area contributed by atoms with E-state index < -0.39 is 0 Å². The fourth-order valence-corrected chi connectivity index (χ4v) is 1.66. The summed E-state index contributed by atoms with van der Waals surface area (Å²) in [7, 11) is 0. The van der Waals surface area contributed by atoms with Gasteiger partial charge in [-0.15, -0.1) is 0 Å². The summed E-state index contributed by atoms with van der Waals surface area (Å²) in [5, 5.41) is 9.49. The number of rotatable bonds is 5. The molecule has 0 bridgehead atoms. The topological polar surface area (TPSA) is 20.2 Å². The molecule has 0 rings (SSSR count).